The molecule has 156 valence electrons. The van der Waals surface area contributed by atoms with Gasteiger partial charge in [-0.3, -0.25) is 0 Å². The van der Waals surface area contributed by atoms with E-state index in [2.05, 4.69) is 0 Å². The molecular formula is C27H24O4. The van der Waals surface area contributed by atoms with Crippen molar-refractivity contribution in [3.63, 3.8) is 0 Å². The maximum Gasteiger partial charge on any atom is 0.127 e. The molecule has 0 spiro atoms. The maximum absolute atomic E-state index is 10.6. The summed E-state index contributed by atoms with van der Waals surface area (Å²) in [6.07, 6.45) is 0.507. The van der Waals surface area contributed by atoms with Crippen LogP contribution in [0, 0.1) is 0 Å². The Balaban J connectivity index is 1.81. The van der Waals surface area contributed by atoms with Crippen molar-refractivity contribution in [1.82, 2.24) is 0 Å². The van der Waals surface area contributed by atoms with E-state index in [0.717, 1.165) is 33.4 Å². The number of methoxy groups -OCH3 is 2. The number of benzene rings is 4. The van der Waals surface area contributed by atoms with E-state index in [0.29, 0.717) is 17.9 Å². The predicted octanol–water partition coefficient (Wildman–Crippen LogP) is 6.04. The number of hydrogen-bond donors (Lipinski definition) is 2. The molecule has 4 heteroatoms. The number of hydrogen-bond acceptors (Lipinski definition) is 4. The van der Waals surface area contributed by atoms with Crippen LogP contribution in [-0.2, 0) is 6.42 Å². The summed E-state index contributed by atoms with van der Waals surface area (Å²) in [4.78, 5) is 0. The van der Waals surface area contributed by atoms with Gasteiger partial charge in [0, 0.05) is 29.7 Å². The van der Waals surface area contributed by atoms with E-state index < -0.39 is 0 Å². The van der Waals surface area contributed by atoms with Crippen molar-refractivity contribution in [1.29, 1.82) is 0 Å². The van der Waals surface area contributed by atoms with Gasteiger partial charge in [-0.05, 0) is 34.4 Å². The molecule has 0 saturated heterocycles. The van der Waals surface area contributed by atoms with E-state index in [1.54, 1.807) is 26.4 Å². The molecule has 0 unspecified atom stereocenters. The molecule has 0 radical (unpaired) electrons. The third kappa shape index (κ3) is 4.19. The molecule has 4 aromatic rings. The van der Waals surface area contributed by atoms with Gasteiger partial charge in [0.25, 0.3) is 0 Å². The van der Waals surface area contributed by atoms with Crippen molar-refractivity contribution in [2.75, 3.05) is 14.2 Å². The predicted molar refractivity (Wildman–Crippen MR) is 123 cm³/mol. The summed E-state index contributed by atoms with van der Waals surface area (Å²) >= 11 is 0. The zero-order chi connectivity index (χ0) is 21.8. The monoisotopic (exact) mass is 412 g/mol. The molecule has 31 heavy (non-hydrogen) atoms. The van der Waals surface area contributed by atoms with Gasteiger partial charge in [-0.1, -0.05) is 60.7 Å². The summed E-state index contributed by atoms with van der Waals surface area (Å²) in [5, 5.41) is 21.1. The Morgan fingerprint density at radius 3 is 1.32 bits per heavy atom. The molecular weight excluding hydrogens is 388 g/mol. The van der Waals surface area contributed by atoms with Gasteiger partial charge in [-0.2, -0.15) is 0 Å². The third-order valence-electron chi connectivity index (χ3n) is 5.35. The SMILES string of the molecule is COc1cc(O)c(-c2ccccc2)cc1Cc1cc(-c2ccccc2)c(O)cc1OC. The average Bonchev–Trinajstić information content (AvgIpc) is 2.81. The Bertz CT molecular complexity index is 1090. The van der Waals surface area contributed by atoms with Gasteiger partial charge in [0.15, 0.2) is 0 Å². The lowest BCUT2D eigenvalue weighted by Gasteiger charge is -2.16. The Morgan fingerprint density at radius 2 is 0.968 bits per heavy atom. The lowest BCUT2D eigenvalue weighted by molar-refractivity contribution is 0.399. The van der Waals surface area contributed by atoms with Gasteiger partial charge in [-0.15, -0.1) is 0 Å². The topological polar surface area (TPSA) is 58.9 Å². The number of ether oxygens (including phenoxy) is 2. The Kier molecular flexibility index (Phi) is 5.80. The van der Waals surface area contributed by atoms with E-state index in [1.165, 1.54) is 0 Å². The van der Waals surface area contributed by atoms with Crippen LogP contribution in [0.15, 0.2) is 84.9 Å². The van der Waals surface area contributed by atoms with Crippen molar-refractivity contribution in [3.8, 4) is 45.3 Å². The van der Waals surface area contributed by atoms with Crippen LogP contribution in [-0.4, -0.2) is 24.4 Å². The summed E-state index contributed by atoms with van der Waals surface area (Å²) in [6.45, 7) is 0. The first-order valence-electron chi connectivity index (χ1n) is 10.0. The Hall–Kier alpha value is -3.92. The van der Waals surface area contributed by atoms with E-state index >= 15 is 0 Å². The van der Waals surface area contributed by atoms with Gasteiger partial charge >= 0.3 is 0 Å². The summed E-state index contributed by atoms with van der Waals surface area (Å²) in [6, 6.07) is 26.6. The van der Waals surface area contributed by atoms with Crippen LogP contribution in [0.3, 0.4) is 0 Å². The zero-order valence-electron chi connectivity index (χ0n) is 17.5. The molecule has 4 nitrogen and oxygen atoms in total. The van der Waals surface area contributed by atoms with E-state index in [4.69, 9.17) is 9.47 Å². The van der Waals surface area contributed by atoms with E-state index in [-0.39, 0.29) is 11.5 Å². The third-order valence-corrected chi connectivity index (χ3v) is 5.35. The second-order valence-electron chi connectivity index (χ2n) is 7.27. The summed E-state index contributed by atoms with van der Waals surface area (Å²) in [5.41, 5.74) is 5.12. The molecule has 0 aliphatic carbocycles. The van der Waals surface area contributed by atoms with Crippen LogP contribution in [0.1, 0.15) is 11.1 Å². The smallest absolute Gasteiger partial charge is 0.127 e. The molecule has 0 saturated carbocycles. The highest BCUT2D eigenvalue weighted by Crippen LogP contribution is 2.40. The molecule has 0 bridgehead atoms. The molecule has 4 aromatic carbocycles. The molecule has 0 aromatic heterocycles. The van der Waals surface area contributed by atoms with E-state index in [9.17, 15) is 10.2 Å². The average molecular weight is 412 g/mol. The first-order chi connectivity index (χ1) is 15.1. The standard InChI is InChI=1S/C27H24O4/c1-30-26-16-24(28)22(18-9-5-3-6-10-18)14-20(26)13-21-15-23(19-11-7-4-8-12-19)25(29)17-27(21)31-2/h3-12,14-17,28-29H,13H2,1-2H3. The van der Waals surface area contributed by atoms with Crippen molar-refractivity contribution in [2.45, 2.75) is 6.42 Å². The lowest BCUT2D eigenvalue weighted by atomic mass is 9.94. The van der Waals surface area contributed by atoms with Crippen LogP contribution in [0.2, 0.25) is 0 Å². The molecule has 0 atom stereocenters. The largest absolute Gasteiger partial charge is 0.507 e. The first-order valence-corrected chi connectivity index (χ1v) is 10.0. The molecule has 0 heterocycles. The first kappa shape index (κ1) is 20.4. The van der Waals surface area contributed by atoms with E-state index in [1.807, 2.05) is 72.8 Å². The highest BCUT2D eigenvalue weighted by Gasteiger charge is 2.16. The highest BCUT2D eigenvalue weighted by atomic mass is 16.5. The zero-order valence-corrected chi connectivity index (χ0v) is 17.5. The number of rotatable bonds is 6. The van der Waals surface area contributed by atoms with Crippen LogP contribution in [0.4, 0.5) is 0 Å². The highest BCUT2D eigenvalue weighted by molar-refractivity contribution is 5.75. The van der Waals surface area contributed by atoms with Crippen LogP contribution < -0.4 is 9.47 Å². The van der Waals surface area contributed by atoms with Crippen molar-refractivity contribution in [2.24, 2.45) is 0 Å². The second-order valence-corrected chi connectivity index (χ2v) is 7.27. The lowest BCUT2D eigenvalue weighted by Crippen LogP contribution is -1.99. The van der Waals surface area contributed by atoms with Crippen molar-refractivity contribution < 1.29 is 19.7 Å². The van der Waals surface area contributed by atoms with Crippen molar-refractivity contribution in [3.05, 3.63) is 96.1 Å². The quantitative estimate of drug-likeness (QED) is 0.405. The van der Waals surface area contributed by atoms with Gasteiger partial charge in [0.1, 0.15) is 23.0 Å². The number of aromatic hydroxyl groups is 2. The number of phenolic OH excluding ortho intramolecular Hbond substituents is 2. The molecule has 0 aliphatic heterocycles. The fourth-order valence-electron chi connectivity index (χ4n) is 3.79. The van der Waals surface area contributed by atoms with Gasteiger partial charge in [-0.25, -0.2) is 0 Å². The summed E-state index contributed by atoms with van der Waals surface area (Å²) < 4.78 is 11.1. The van der Waals surface area contributed by atoms with Crippen molar-refractivity contribution >= 4 is 0 Å². The van der Waals surface area contributed by atoms with Gasteiger partial charge in [0.05, 0.1) is 14.2 Å². The van der Waals surface area contributed by atoms with Gasteiger partial charge < -0.3 is 19.7 Å². The minimum Gasteiger partial charge on any atom is -0.507 e. The number of phenols is 2. The summed E-state index contributed by atoms with van der Waals surface area (Å²) in [7, 11) is 3.17. The fourth-order valence-corrected chi connectivity index (χ4v) is 3.79. The summed E-state index contributed by atoms with van der Waals surface area (Å²) in [5.74, 6) is 1.51. The Morgan fingerprint density at radius 1 is 0.581 bits per heavy atom. The Labute approximate surface area is 182 Å². The van der Waals surface area contributed by atoms with Crippen LogP contribution in [0.5, 0.6) is 23.0 Å². The van der Waals surface area contributed by atoms with Crippen LogP contribution >= 0.6 is 0 Å². The maximum atomic E-state index is 10.6. The van der Waals surface area contributed by atoms with Crippen LogP contribution in [0.25, 0.3) is 22.3 Å². The fraction of sp³-hybridized carbons (Fsp3) is 0.111. The molecule has 0 aliphatic rings. The minimum absolute atomic E-state index is 0.162. The molecule has 4 rings (SSSR count). The molecule has 0 amide bonds. The molecule has 0 fully saturated rings. The normalized spacial score (nSPS) is 10.6. The van der Waals surface area contributed by atoms with Gasteiger partial charge in [0.2, 0.25) is 0 Å². The molecule has 2 N–H and O–H groups in total. The second kappa shape index (κ2) is 8.84. The minimum atomic E-state index is 0.162.